The lowest BCUT2D eigenvalue weighted by Crippen LogP contribution is -2.13. The highest BCUT2D eigenvalue weighted by Crippen LogP contribution is 2.18. The van der Waals surface area contributed by atoms with Gasteiger partial charge in [-0.15, -0.1) is 0 Å². The van der Waals surface area contributed by atoms with Gasteiger partial charge in [0.05, 0.1) is 13.2 Å². The second-order valence-electron chi connectivity index (χ2n) is 4.40. The van der Waals surface area contributed by atoms with Crippen molar-refractivity contribution in [2.24, 2.45) is 5.92 Å². The van der Waals surface area contributed by atoms with Gasteiger partial charge in [0.2, 0.25) is 0 Å². The molecule has 0 atom stereocenters. The summed E-state index contributed by atoms with van der Waals surface area (Å²) in [5, 5.41) is 2.64. The Labute approximate surface area is 108 Å². The number of ether oxygens (including phenoxy) is 2. The fourth-order valence-corrected chi connectivity index (χ4v) is 1.36. The molecule has 4 nitrogen and oxygen atoms in total. The Morgan fingerprint density at radius 1 is 1.39 bits per heavy atom. The van der Waals surface area contributed by atoms with Gasteiger partial charge in [-0.3, -0.25) is 5.32 Å². The van der Waals surface area contributed by atoms with Gasteiger partial charge in [0.25, 0.3) is 0 Å². The first kappa shape index (κ1) is 14.4. The van der Waals surface area contributed by atoms with E-state index in [1.165, 1.54) is 0 Å². The van der Waals surface area contributed by atoms with Crippen LogP contribution in [-0.2, 0) is 4.74 Å². The highest BCUT2D eigenvalue weighted by molar-refractivity contribution is 5.84. The van der Waals surface area contributed by atoms with Crippen molar-refractivity contribution in [3.05, 3.63) is 24.3 Å². The number of benzene rings is 1. The minimum atomic E-state index is -0.447. The Balaban J connectivity index is 2.48. The predicted molar refractivity (Wildman–Crippen MR) is 72.0 cm³/mol. The van der Waals surface area contributed by atoms with Crippen molar-refractivity contribution >= 4 is 11.8 Å². The molecule has 100 valence electrons. The quantitative estimate of drug-likeness (QED) is 0.839. The van der Waals surface area contributed by atoms with Crippen LogP contribution >= 0.6 is 0 Å². The minimum Gasteiger partial charge on any atom is -0.494 e. The summed E-state index contributed by atoms with van der Waals surface area (Å²) >= 11 is 0. The molecule has 0 aromatic heterocycles. The summed E-state index contributed by atoms with van der Waals surface area (Å²) in [5.74, 6) is 1.37. The predicted octanol–water partition coefficient (Wildman–Crippen LogP) is 3.68. The molecular weight excluding hydrogens is 230 g/mol. The normalized spacial score (nSPS) is 10.2. The fraction of sp³-hybridized carbons (Fsp3) is 0.500. The molecule has 4 heteroatoms. The zero-order valence-corrected chi connectivity index (χ0v) is 11.2. The lowest BCUT2D eigenvalue weighted by molar-refractivity contribution is 0.168. The van der Waals surface area contributed by atoms with E-state index < -0.39 is 6.09 Å². The lowest BCUT2D eigenvalue weighted by atomic mass is 10.1. The minimum absolute atomic E-state index is 0.358. The first-order valence-electron chi connectivity index (χ1n) is 6.28. The van der Waals surface area contributed by atoms with Crippen LogP contribution in [0.3, 0.4) is 0 Å². The molecule has 1 rings (SSSR count). The van der Waals surface area contributed by atoms with Gasteiger partial charge in [-0.2, -0.15) is 0 Å². The van der Waals surface area contributed by atoms with Crippen LogP contribution in [0.1, 0.15) is 27.2 Å². The second-order valence-corrected chi connectivity index (χ2v) is 4.40. The Kier molecular flexibility index (Phi) is 6.05. The largest absolute Gasteiger partial charge is 0.494 e. The number of anilines is 1. The molecule has 0 aliphatic rings. The molecule has 0 aliphatic carbocycles. The first-order valence-corrected chi connectivity index (χ1v) is 6.28. The second kappa shape index (κ2) is 7.58. The summed E-state index contributed by atoms with van der Waals surface area (Å²) < 4.78 is 10.4. The van der Waals surface area contributed by atoms with Crippen molar-refractivity contribution in [3.8, 4) is 5.75 Å². The van der Waals surface area contributed by atoms with Crippen LogP contribution in [0, 0.1) is 5.92 Å². The number of hydrogen-bond acceptors (Lipinski definition) is 3. The van der Waals surface area contributed by atoms with Gasteiger partial charge >= 0.3 is 6.09 Å². The monoisotopic (exact) mass is 251 g/mol. The molecule has 0 saturated heterocycles. The van der Waals surface area contributed by atoms with Crippen LogP contribution in [0.2, 0.25) is 0 Å². The van der Waals surface area contributed by atoms with Gasteiger partial charge in [0.15, 0.2) is 0 Å². The maximum absolute atomic E-state index is 11.3. The topological polar surface area (TPSA) is 47.6 Å². The molecule has 0 fully saturated rings. The number of rotatable bonds is 6. The molecular formula is C14H21NO3. The molecule has 18 heavy (non-hydrogen) atoms. The first-order chi connectivity index (χ1) is 8.61. The maximum atomic E-state index is 11.3. The van der Waals surface area contributed by atoms with Crippen molar-refractivity contribution in [1.82, 2.24) is 0 Å². The van der Waals surface area contributed by atoms with Crippen molar-refractivity contribution in [1.29, 1.82) is 0 Å². The highest BCUT2D eigenvalue weighted by atomic mass is 16.5. The third-order valence-corrected chi connectivity index (χ3v) is 2.32. The molecule has 0 heterocycles. The van der Waals surface area contributed by atoms with Crippen molar-refractivity contribution in [2.45, 2.75) is 27.2 Å². The van der Waals surface area contributed by atoms with E-state index in [-0.39, 0.29) is 0 Å². The van der Waals surface area contributed by atoms with Crippen LogP contribution in [0.4, 0.5) is 10.5 Å². The number of nitrogens with one attached hydrogen (secondary N) is 1. The fourth-order valence-electron chi connectivity index (χ4n) is 1.36. The van der Waals surface area contributed by atoms with E-state index in [4.69, 9.17) is 9.47 Å². The molecule has 0 unspecified atom stereocenters. The van der Waals surface area contributed by atoms with Crippen LogP contribution < -0.4 is 10.1 Å². The lowest BCUT2D eigenvalue weighted by Gasteiger charge is -2.10. The number of hydrogen-bond donors (Lipinski definition) is 1. The van der Waals surface area contributed by atoms with Gasteiger partial charge in [-0.1, -0.05) is 19.9 Å². The average Bonchev–Trinajstić information content (AvgIpc) is 2.29. The molecule has 0 radical (unpaired) electrons. The molecule has 0 bridgehead atoms. The van der Waals surface area contributed by atoms with E-state index in [9.17, 15) is 4.79 Å². The SMILES string of the molecule is CCOC(=O)Nc1cccc(OCCC(C)C)c1. The van der Waals surface area contributed by atoms with Gasteiger partial charge in [0, 0.05) is 11.8 Å². The summed E-state index contributed by atoms with van der Waals surface area (Å²) in [6, 6.07) is 7.30. The molecule has 1 N–H and O–H groups in total. The van der Waals surface area contributed by atoms with E-state index in [0.29, 0.717) is 24.8 Å². The van der Waals surface area contributed by atoms with Crippen LogP contribution in [0.15, 0.2) is 24.3 Å². The summed E-state index contributed by atoms with van der Waals surface area (Å²) in [7, 11) is 0. The zero-order valence-electron chi connectivity index (χ0n) is 11.2. The van der Waals surface area contributed by atoms with Crippen molar-refractivity contribution in [2.75, 3.05) is 18.5 Å². The Morgan fingerprint density at radius 3 is 2.83 bits per heavy atom. The van der Waals surface area contributed by atoms with Gasteiger partial charge < -0.3 is 9.47 Å². The Hall–Kier alpha value is -1.71. The van der Waals surface area contributed by atoms with Gasteiger partial charge in [-0.25, -0.2) is 4.79 Å². The summed E-state index contributed by atoms with van der Waals surface area (Å²) in [6.45, 7) is 7.12. The van der Waals surface area contributed by atoms with Gasteiger partial charge in [0.1, 0.15) is 5.75 Å². The van der Waals surface area contributed by atoms with E-state index >= 15 is 0 Å². The maximum Gasteiger partial charge on any atom is 0.411 e. The van der Waals surface area contributed by atoms with E-state index in [1.54, 1.807) is 19.1 Å². The van der Waals surface area contributed by atoms with Crippen LogP contribution in [0.5, 0.6) is 5.75 Å². The van der Waals surface area contributed by atoms with E-state index in [1.807, 2.05) is 12.1 Å². The summed E-state index contributed by atoms with van der Waals surface area (Å²) in [5.41, 5.74) is 0.676. The molecule has 0 aliphatic heterocycles. The highest BCUT2D eigenvalue weighted by Gasteiger charge is 2.03. The smallest absolute Gasteiger partial charge is 0.411 e. The van der Waals surface area contributed by atoms with E-state index in [0.717, 1.165) is 12.2 Å². The summed E-state index contributed by atoms with van der Waals surface area (Å²) in [4.78, 5) is 11.3. The van der Waals surface area contributed by atoms with Crippen molar-refractivity contribution in [3.63, 3.8) is 0 Å². The standard InChI is InChI=1S/C14H21NO3/c1-4-17-14(16)15-12-6-5-7-13(10-12)18-9-8-11(2)3/h5-7,10-11H,4,8-9H2,1-3H3,(H,15,16). The Bertz CT molecular complexity index is 377. The average molecular weight is 251 g/mol. The van der Waals surface area contributed by atoms with Gasteiger partial charge in [-0.05, 0) is 31.4 Å². The van der Waals surface area contributed by atoms with Crippen LogP contribution in [-0.4, -0.2) is 19.3 Å². The zero-order chi connectivity index (χ0) is 13.4. The van der Waals surface area contributed by atoms with E-state index in [2.05, 4.69) is 19.2 Å². The third-order valence-electron chi connectivity index (χ3n) is 2.32. The molecule has 1 amide bonds. The number of amides is 1. The Morgan fingerprint density at radius 2 is 2.17 bits per heavy atom. The molecule has 0 spiro atoms. The third kappa shape index (κ3) is 5.57. The number of carbonyl (C=O) groups is 1. The molecule has 1 aromatic carbocycles. The summed E-state index contributed by atoms with van der Waals surface area (Å²) in [6.07, 6.45) is 0.562. The molecule has 1 aromatic rings. The molecule has 0 saturated carbocycles. The van der Waals surface area contributed by atoms with Crippen molar-refractivity contribution < 1.29 is 14.3 Å². The number of carbonyl (C=O) groups excluding carboxylic acids is 1. The van der Waals surface area contributed by atoms with Crippen LogP contribution in [0.25, 0.3) is 0 Å².